The largest absolute Gasteiger partial charge is 0.493 e. The molecular formula is C27H22ClNO7. The van der Waals surface area contributed by atoms with E-state index < -0.39 is 23.6 Å². The highest BCUT2D eigenvalue weighted by molar-refractivity contribution is 6.30. The maximum atomic E-state index is 13.5. The number of halogens is 1. The van der Waals surface area contributed by atoms with Crippen molar-refractivity contribution in [3.8, 4) is 23.0 Å². The Hall–Kier alpha value is -4.17. The Kier molecular flexibility index (Phi) is 6.20. The molecule has 1 amide bonds. The van der Waals surface area contributed by atoms with Gasteiger partial charge in [0.15, 0.2) is 17.6 Å². The van der Waals surface area contributed by atoms with Crippen LogP contribution in [-0.2, 0) is 4.79 Å². The second-order valence-electron chi connectivity index (χ2n) is 8.10. The zero-order chi connectivity index (χ0) is 25.4. The molecule has 184 valence electrons. The highest BCUT2D eigenvalue weighted by atomic mass is 35.5. The second-order valence-corrected chi connectivity index (χ2v) is 8.54. The van der Waals surface area contributed by atoms with Crippen molar-refractivity contribution in [1.29, 1.82) is 0 Å². The standard InChI is InChI=1S/C27H22ClNO7/c1-32-19-12-14(13-20(33-2)24(19)34-3)21-22-23(17-6-4-5-7-18(17)35-27(22)31)36-25(21)26(30)29-16-10-8-15(28)9-11-16/h4-13,21,25H,1-3H3,(H,29,30)/t21-,25-/m1/s1. The van der Waals surface area contributed by atoms with Crippen LogP contribution in [-0.4, -0.2) is 33.3 Å². The van der Waals surface area contributed by atoms with Gasteiger partial charge in [-0.25, -0.2) is 4.79 Å². The molecule has 3 aromatic carbocycles. The third kappa shape index (κ3) is 3.99. The van der Waals surface area contributed by atoms with Crippen molar-refractivity contribution in [2.45, 2.75) is 12.0 Å². The fourth-order valence-electron chi connectivity index (χ4n) is 4.45. The third-order valence-corrected chi connectivity index (χ3v) is 6.33. The summed E-state index contributed by atoms with van der Waals surface area (Å²) in [6, 6.07) is 17.1. The zero-order valence-electron chi connectivity index (χ0n) is 19.7. The number of rotatable bonds is 6. The summed E-state index contributed by atoms with van der Waals surface area (Å²) in [5, 5.41) is 3.98. The molecule has 1 aromatic heterocycles. The quantitative estimate of drug-likeness (QED) is 0.367. The fourth-order valence-corrected chi connectivity index (χ4v) is 4.58. The Bertz CT molecular complexity index is 1490. The molecule has 8 nitrogen and oxygen atoms in total. The first kappa shape index (κ1) is 23.6. The van der Waals surface area contributed by atoms with Crippen LogP contribution in [0.15, 0.2) is 69.9 Å². The van der Waals surface area contributed by atoms with E-state index in [4.69, 9.17) is 35.0 Å². The molecule has 0 unspecified atom stereocenters. The molecular weight excluding hydrogens is 486 g/mol. The van der Waals surface area contributed by atoms with Gasteiger partial charge in [0, 0.05) is 10.7 Å². The zero-order valence-corrected chi connectivity index (χ0v) is 20.4. The van der Waals surface area contributed by atoms with Crippen LogP contribution >= 0.6 is 11.6 Å². The topological polar surface area (TPSA) is 96.2 Å². The molecule has 0 saturated carbocycles. The van der Waals surface area contributed by atoms with E-state index in [2.05, 4.69) is 5.32 Å². The van der Waals surface area contributed by atoms with E-state index in [0.717, 1.165) is 0 Å². The summed E-state index contributed by atoms with van der Waals surface area (Å²) in [4.78, 5) is 26.8. The number of benzene rings is 3. The summed E-state index contributed by atoms with van der Waals surface area (Å²) >= 11 is 5.98. The molecule has 0 aliphatic carbocycles. The summed E-state index contributed by atoms with van der Waals surface area (Å²) in [5.41, 5.74) is 1.10. The van der Waals surface area contributed by atoms with Crippen molar-refractivity contribution < 1.29 is 28.2 Å². The van der Waals surface area contributed by atoms with E-state index in [1.165, 1.54) is 21.3 Å². The van der Waals surface area contributed by atoms with Crippen LogP contribution in [0.4, 0.5) is 5.69 Å². The van der Waals surface area contributed by atoms with E-state index in [1.54, 1.807) is 54.6 Å². The molecule has 2 atom stereocenters. The molecule has 0 bridgehead atoms. The number of fused-ring (bicyclic) bond motifs is 3. The van der Waals surface area contributed by atoms with Crippen molar-refractivity contribution in [3.05, 3.63) is 87.2 Å². The van der Waals surface area contributed by atoms with Crippen LogP contribution < -0.4 is 29.9 Å². The molecule has 36 heavy (non-hydrogen) atoms. The number of carbonyl (C=O) groups excluding carboxylic acids is 1. The van der Waals surface area contributed by atoms with Gasteiger partial charge in [0.25, 0.3) is 5.91 Å². The van der Waals surface area contributed by atoms with Gasteiger partial charge in [-0.3, -0.25) is 4.79 Å². The number of hydrogen-bond donors (Lipinski definition) is 1. The molecule has 0 radical (unpaired) electrons. The van der Waals surface area contributed by atoms with E-state index in [0.29, 0.717) is 50.2 Å². The van der Waals surface area contributed by atoms with Gasteiger partial charge < -0.3 is 28.7 Å². The first-order valence-electron chi connectivity index (χ1n) is 11.0. The molecule has 5 rings (SSSR count). The lowest BCUT2D eigenvalue weighted by Gasteiger charge is -2.21. The Morgan fingerprint density at radius 1 is 0.944 bits per heavy atom. The highest BCUT2D eigenvalue weighted by Crippen LogP contribution is 2.48. The number of amides is 1. The van der Waals surface area contributed by atoms with Crippen molar-refractivity contribution in [2.75, 3.05) is 26.6 Å². The van der Waals surface area contributed by atoms with Gasteiger partial charge in [-0.05, 0) is 54.1 Å². The first-order valence-corrected chi connectivity index (χ1v) is 11.4. The molecule has 1 aliphatic heterocycles. The third-order valence-electron chi connectivity index (χ3n) is 6.07. The van der Waals surface area contributed by atoms with Gasteiger partial charge in [0.05, 0.1) is 38.2 Å². The molecule has 0 saturated heterocycles. The van der Waals surface area contributed by atoms with Gasteiger partial charge >= 0.3 is 5.63 Å². The van der Waals surface area contributed by atoms with Crippen molar-refractivity contribution >= 4 is 34.2 Å². The average Bonchev–Trinajstić information content (AvgIpc) is 3.31. The summed E-state index contributed by atoms with van der Waals surface area (Å²) < 4.78 is 28.3. The Morgan fingerprint density at radius 2 is 1.61 bits per heavy atom. The maximum Gasteiger partial charge on any atom is 0.344 e. The minimum atomic E-state index is -1.09. The van der Waals surface area contributed by atoms with Crippen LogP contribution in [0.2, 0.25) is 5.02 Å². The fraction of sp³-hybridized carbons (Fsp3) is 0.185. The summed E-state index contributed by atoms with van der Waals surface area (Å²) in [5.74, 6) is 0.176. The van der Waals surface area contributed by atoms with Crippen molar-refractivity contribution in [2.24, 2.45) is 0 Å². The lowest BCUT2D eigenvalue weighted by Crippen LogP contribution is -2.35. The monoisotopic (exact) mass is 507 g/mol. The smallest absolute Gasteiger partial charge is 0.344 e. The van der Waals surface area contributed by atoms with E-state index in [-0.39, 0.29) is 5.56 Å². The van der Waals surface area contributed by atoms with Crippen LogP contribution in [0, 0.1) is 0 Å². The number of carbonyl (C=O) groups is 1. The Labute approximate surface area is 211 Å². The van der Waals surface area contributed by atoms with Crippen LogP contribution in [0.5, 0.6) is 23.0 Å². The van der Waals surface area contributed by atoms with Crippen LogP contribution in [0.3, 0.4) is 0 Å². The summed E-state index contributed by atoms with van der Waals surface area (Å²) in [7, 11) is 4.48. The highest BCUT2D eigenvalue weighted by Gasteiger charge is 2.45. The van der Waals surface area contributed by atoms with Gasteiger partial charge in [0.1, 0.15) is 11.3 Å². The molecule has 2 heterocycles. The summed E-state index contributed by atoms with van der Waals surface area (Å²) in [6.07, 6.45) is -1.09. The predicted octanol–water partition coefficient (Wildman–Crippen LogP) is 5.00. The Morgan fingerprint density at radius 3 is 2.25 bits per heavy atom. The minimum absolute atomic E-state index is 0.235. The van der Waals surface area contributed by atoms with Crippen molar-refractivity contribution in [3.63, 3.8) is 0 Å². The predicted molar refractivity (Wildman–Crippen MR) is 135 cm³/mol. The number of para-hydroxylation sites is 1. The lowest BCUT2D eigenvalue weighted by atomic mass is 9.87. The van der Waals surface area contributed by atoms with Gasteiger partial charge in [-0.1, -0.05) is 23.7 Å². The van der Waals surface area contributed by atoms with Crippen LogP contribution in [0.25, 0.3) is 11.0 Å². The van der Waals surface area contributed by atoms with Gasteiger partial charge in [0.2, 0.25) is 5.75 Å². The van der Waals surface area contributed by atoms with Gasteiger partial charge in [-0.15, -0.1) is 0 Å². The maximum absolute atomic E-state index is 13.5. The van der Waals surface area contributed by atoms with E-state index in [9.17, 15) is 9.59 Å². The molecule has 0 fully saturated rings. The molecule has 1 aliphatic rings. The van der Waals surface area contributed by atoms with E-state index in [1.807, 2.05) is 6.07 Å². The summed E-state index contributed by atoms with van der Waals surface area (Å²) in [6.45, 7) is 0. The van der Waals surface area contributed by atoms with E-state index >= 15 is 0 Å². The molecule has 1 N–H and O–H groups in total. The number of anilines is 1. The first-order chi connectivity index (χ1) is 17.4. The average molecular weight is 508 g/mol. The molecule has 0 spiro atoms. The van der Waals surface area contributed by atoms with Crippen LogP contribution in [0.1, 0.15) is 17.0 Å². The molecule has 4 aromatic rings. The van der Waals surface area contributed by atoms with Crippen molar-refractivity contribution in [1.82, 2.24) is 0 Å². The number of nitrogens with one attached hydrogen (secondary N) is 1. The lowest BCUT2D eigenvalue weighted by molar-refractivity contribution is -0.122. The minimum Gasteiger partial charge on any atom is -0.493 e. The number of hydrogen-bond acceptors (Lipinski definition) is 7. The number of methoxy groups -OCH3 is 3. The normalized spacial score (nSPS) is 16.2. The van der Waals surface area contributed by atoms with Gasteiger partial charge in [-0.2, -0.15) is 0 Å². The SMILES string of the molecule is COc1cc([C@@H]2c3c(c4ccccc4oc3=O)O[C@H]2C(=O)Nc2ccc(Cl)cc2)cc(OC)c1OC. The number of ether oxygens (including phenoxy) is 4. The Balaban J connectivity index is 1.68. The molecule has 9 heteroatoms. The second kappa shape index (κ2) is 9.47.